The van der Waals surface area contributed by atoms with Gasteiger partial charge in [0.1, 0.15) is 11.9 Å². The van der Waals surface area contributed by atoms with Crippen LogP contribution in [0, 0.1) is 11.3 Å². The maximum atomic E-state index is 12.4. The molecule has 0 saturated carbocycles. The highest BCUT2D eigenvalue weighted by molar-refractivity contribution is 6.04. The minimum absolute atomic E-state index is 0.0293. The molecule has 7 heteroatoms. The smallest absolute Gasteiger partial charge is 0.223 e. The van der Waals surface area contributed by atoms with Crippen LogP contribution in [0.3, 0.4) is 0 Å². The van der Waals surface area contributed by atoms with Gasteiger partial charge in [-0.1, -0.05) is 6.92 Å². The lowest BCUT2D eigenvalue weighted by atomic mass is 9.68. The van der Waals surface area contributed by atoms with Crippen LogP contribution < -0.4 is 14.2 Å². The van der Waals surface area contributed by atoms with E-state index >= 15 is 0 Å². The molecule has 0 aromatic heterocycles. The Hall–Kier alpha value is -2.67. The Labute approximate surface area is 177 Å². The Morgan fingerprint density at radius 1 is 1.00 bits per heavy atom. The maximum Gasteiger partial charge on any atom is 0.223 e. The van der Waals surface area contributed by atoms with Gasteiger partial charge in [0.2, 0.25) is 11.5 Å². The number of hydrogen-bond acceptors (Lipinski definition) is 7. The van der Waals surface area contributed by atoms with Gasteiger partial charge in [0, 0.05) is 31.3 Å². The lowest BCUT2D eigenvalue weighted by molar-refractivity contribution is -0.114. The molecule has 0 spiro atoms. The maximum absolute atomic E-state index is 12.4. The van der Waals surface area contributed by atoms with Crippen LogP contribution in [0.4, 0.5) is 0 Å². The Bertz CT molecular complexity index is 832. The van der Waals surface area contributed by atoms with Crippen LogP contribution >= 0.6 is 0 Å². The monoisotopic (exact) mass is 418 g/mol. The SMILES string of the molecule is COCCC[C@@]12C=C(OC)C(=O)C=C1O[C@H](c1cc(OC)c(OC)c(OC)c1)[C@H]2C. The van der Waals surface area contributed by atoms with Gasteiger partial charge in [0.05, 0.1) is 33.9 Å². The second-order valence-corrected chi connectivity index (χ2v) is 7.51. The third-order valence-corrected chi connectivity index (χ3v) is 6.05. The molecule has 164 valence electrons. The number of carbonyl (C=O) groups excluding carboxylic acids is 1. The minimum atomic E-state index is -0.456. The van der Waals surface area contributed by atoms with Crippen LogP contribution in [-0.4, -0.2) is 47.9 Å². The molecule has 2 aliphatic rings. The summed E-state index contributed by atoms with van der Waals surface area (Å²) in [6.07, 6.45) is 4.77. The fraction of sp³-hybridized carbons (Fsp3) is 0.522. The second-order valence-electron chi connectivity index (χ2n) is 7.51. The number of ether oxygens (including phenoxy) is 6. The third kappa shape index (κ3) is 3.62. The van der Waals surface area contributed by atoms with Crippen molar-refractivity contribution in [2.75, 3.05) is 42.2 Å². The molecule has 1 aromatic carbocycles. The number of hydrogen-bond donors (Lipinski definition) is 0. The van der Waals surface area contributed by atoms with Crippen molar-refractivity contribution >= 4 is 5.78 Å². The molecular formula is C23H30O7. The lowest BCUT2D eigenvalue weighted by Gasteiger charge is -2.32. The number of rotatable bonds is 9. The first-order valence-electron chi connectivity index (χ1n) is 9.94. The molecule has 1 aliphatic carbocycles. The molecule has 0 N–H and O–H groups in total. The van der Waals surface area contributed by atoms with E-state index in [0.717, 1.165) is 18.4 Å². The van der Waals surface area contributed by atoms with Gasteiger partial charge in [0.25, 0.3) is 0 Å². The summed E-state index contributed by atoms with van der Waals surface area (Å²) < 4.78 is 33.5. The molecule has 0 radical (unpaired) electrons. The Morgan fingerprint density at radius 3 is 2.20 bits per heavy atom. The summed E-state index contributed by atoms with van der Waals surface area (Å²) in [6, 6.07) is 3.79. The van der Waals surface area contributed by atoms with E-state index in [4.69, 9.17) is 28.4 Å². The van der Waals surface area contributed by atoms with Gasteiger partial charge in [-0.3, -0.25) is 4.79 Å². The standard InChI is InChI=1S/C23H30O7/c1-14-21(15-10-17(26-3)22(29-6)18(11-15)27-4)30-20-12-16(24)19(28-5)13-23(14,20)8-7-9-25-2/h10-14,21H,7-9H2,1-6H3/t14-,21+,23+/m1/s1. The van der Waals surface area contributed by atoms with Crippen molar-refractivity contribution in [2.45, 2.75) is 25.9 Å². The summed E-state index contributed by atoms with van der Waals surface area (Å²) in [6.45, 7) is 2.75. The molecule has 0 bridgehead atoms. The van der Waals surface area contributed by atoms with Crippen molar-refractivity contribution < 1.29 is 33.2 Å². The summed E-state index contributed by atoms with van der Waals surface area (Å²) in [7, 11) is 7.94. The van der Waals surface area contributed by atoms with Crippen LogP contribution in [0.1, 0.15) is 31.4 Å². The molecule has 30 heavy (non-hydrogen) atoms. The molecular weight excluding hydrogens is 388 g/mol. The van der Waals surface area contributed by atoms with E-state index in [1.165, 1.54) is 7.11 Å². The van der Waals surface area contributed by atoms with E-state index in [-0.39, 0.29) is 17.8 Å². The molecule has 3 atom stereocenters. The zero-order valence-electron chi connectivity index (χ0n) is 18.4. The molecule has 1 saturated heterocycles. The van der Waals surface area contributed by atoms with Crippen LogP contribution in [0.15, 0.2) is 35.8 Å². The molecule has 1 heterocycles. The fourth-order valence-electron chi connectivity index (χ4n) is 4.42. The van der Waals surface area contributed by atoms with E-state index < -0.39 is 5.41 Å². The van der Waals surface area contributed by atoms with Crippen LogP contribution in [0.25, 0.3) is 0 Å². The van der Waals surface area contributed by atoms with Gasteiger partial charge < -0.3 is 28.4 Å². The molecule has 0 unspecified atom stereocenters. The first-order valence-corrected chi connectivity index (χ1v) is 9.94. The highest BCUT2D eigenvalue weighted by Crippen LogP contribution is 2.58. The number of fused-ring (bicyclic) bond motifs is 1. The first kappa shape index (κ1) is 22.0. The molecule has 1 aromatic rings. The van der Waals surface area contributed by atoms with E-state index in [1.807, 2.05) is 18.2 Å². The molecule has 1 aliphatic heterocycles. The van der Waals surface area contributed by atoms with Gasteiger partial charge in [-0.05, 0) is 31.1 Å². The number of methoxy groups -OCH3 is 5. The zero-order chi connectivity index (χ0) is 21.9. The van der Waals surface area contributed by atoms with E-state index in [2.05, 4.69) is 6.92 Å². The highest BCUT2D eigenvalue weighted by atomic mass is 16.5. The summed E-state index contributed by atoms with van der Waals surface area (Å²) in [5.74, 6) is 2.49. The van der Waals surface area contributed by atoms with Crippen molar-refractivity contribution in [3.8, 4) is 17.2 Å². The predicted octanol–water partition coefficient (Wildman–Crippen LogP) is 3.83. The number of benzene rings is 1. The molecule has 1 fully saturated rings. The topological polar surface area (TPSA) is 72.5 Å². The van der Waals surface area contributed by atoms with Gasteiger partial charge in [-0.25, -0.2) is 0 Å². The normalized spacial score (nSPS) is 25.1. The average Bonchev–Trinajstić information content (AvgIpc) is 3.03. The quantitative estimate of drug-likeness (QED) is 0.564. The minimum Gasteiger partial charge on any atom is -0.493 e. The summed E-state index contributed by atoms with van der Waals surface area (Å²) in [5, 5.41) is 0. The highest BCUT2D eigenvalue weighted by Gasteiger charge is 2.53. The summed E-state index contributed by atoms with van der Waals surface area (Å²) >= 11 is 0. The summed E-state index contributed by atoms with van der Waals surface area (Å²) in [4.78, 5) is 12.4. The van der Waals surface area contributed by atoms with Crippen molar-refractivity contribution in [1.29, 1.82) is 0 Å². The Morgan fingerprint density at radius 2 is 1.67 bits per heavy atom. The fourth-order valence-corrected chi connectivity index (χ4v) is 4.42. The number of carbonyl (C=O) groups is 1. The number of ketones is 1. The molecule has 7 nitrogen and oxygen atoms in total. The van der Waals surface area contributed by atoms with E-state index in [9.17, 15) is 4.79 Å². The molecule has 0 amide bonds. The average molecular weight is 418 g/mol. The van der Waals surface area contributed by atoms with Crippen molar-refractivity contribution in [3.05, 3.63) is 41.4 Å². The van der Waals surface area contributed by atoms with Crippen LogP contribution in [-0.2, 0) is 19.0 Å². The van der Waals surface area contributed by atoms with Gasteiger partial charge in [-0.2, -0.15) is 0 Å². The van der Waals surface area contributed by atoms with Gasteiger partial charge in [-0.15, -0.1) is 0 Å². The molecule has 3 rings (SSSR count). The first-order chi connectivity index (χ1) is 14.4. The largest absolute Gasteiger partial charge is 0.493 e. The second kappa shape index (κ2) is 9.00. The predicted molar refractivity (Wildman–Crippen MR) is 111 cm³/mol. The van der Waals surface area contributed by atoms with Crippen molar-refractivity contribution in [1.82, 2.24) is 0 Å². The lowest BCUT2D eigenvalue weighted by Crippen LogP contribution is -2.30. The van der Waals surface area contributed by atoms with Crippen LogP contribution in [0.5, 0.6) is 17.2 Å². The Kier molecular flexibility index (Phi) is 6.61. The summed E-state index contributed by atoms with van der Waals surface area (Å²) in [5.41, 5.74) is 0.432. The van der Waals surface area contributed by atoms with E-state index in [1.54, 1.807) is 34.5 Å². The number of allylic oxidation sites excluding steroid dienone is 2. The van der Waals surface area contributed by atoms with E-state index in [0.29, 0.717) is 35.4 Å². The van der Waals surface area contributed by atoms with Crippen LogP contribution in [0.2, 0.25) is 0 Å². The van der Waals surface area contributed by atoms with Crippen molar-refractivity contribution in [2.24, 2.45) is 11.3 Å². The Balaban J connectivity index is 2.06. The van der Waals surface area contributed by atoms with Gasteiger partial charge in [0.15, 0.2) is 17.3 Å². The van der Waals surface area contributed by atoms with Gasteiger partial charge >= 0.3 is 0 Å². The van der Waals surface area contributed by atoms with Crippen molar-refractivity contribution in [3.63, 3.8) is 0 Å². The third-order valence-electron chi connectivity index (χ3n) is 6.05. The zero-order valence-corrected chi connectivity index (χ0v) is 18.4.